The Balaban J connectivity index is 3.35. The summed E-state index contributed by atoms with van der Waals surface area (Å²) in [7, 11) is -3.49. The first-order valence-electron chi connectivity index (χ1n) is 5.22. The average Bonchev–Trinajstić information content (AvgIpc) is 2.20. The molecule has 1 rings (SSSR count). The van der Waals surface area contributed by atoms with Crippen molar-refractivity contribution in [2.24, 2.45) is 5.84 Å². The van der Waals surface area contributed by atoms with E-state index in [9.17, 15) is 17.2 Å². The summed E-state index contributed by atoms with van der Waals surface area (Å²) in [6.45, 7) is 2.85. The van der Waals surface area contributed by atoms with Crippen molar-refractivity contribution >= 4 is 9.84 Å². The molecule has 0 aliphatic heterocycles. The van der Waals surface area contributed by atoms with Gasteiger partial charge in [-0.05, 0) is 19.9 Å². The maximum Gasteiger partial charge on any atom is 0.154 e. The molecule has 0 aliphatic rings. The largest absolute Gasteiger partial charge is 0.271 e. The maximum atomic E-state index is 13.7. The van der Waals surface area contributed by atoms with Gasteiger partial charge in [0.15, 0.2) is 9.84 Å². The van der Waals surface area contributed by atoms with Crippen molar-refractivity contribution in [1.29, 1.82) is 0 Å². The molecule has 0 fully saturated rings. The molecule has 0 radical (unpaired) electrons. The van der Waals surface area contributed by atoms with Crippen LogP contribution in [0.25, 0.3) is 0 Å². The Morgan fingerprint density at radius 2 is 1.89 bits per heavy atom. The van der Waals surface area contributed by atoms with Gasteiger partial charge in [0.25, 0.3) is 0 Å². The predicted molar refractivity (Wildman–Crippen MR) is 65.3 cm³/mol. The summed E-state index contributed by atoms with van der Waals surface area (Å²) >= 11 is 0. The van der Waals surface area contributed by atoms with Gasteiger partial charge in [-0.15, -0.1) is 0 Å². The standard InChI is InChI=1S/C11H16F2N2O2S/c1-11(2,18(3,16)17)10(15-14)8-5-4-7(12)6-9(8)13/h4-6,10,15H,14H2,1-3H3. The Labute approximate surface area is 105 Å². The van der Waals surface area contributed by atoms with E-state index in [4.69, 9.17) is 5.84 Å². The highest BCUT2D eigenvalue weighted by atomic mass is 32.2. The quantitative estimate of drug-likeness (QED) is 0.643. The van der Waals surface area contributed by atoms with E-state index in [-0.39, 0.29) is 5.56 Å². The van der Waals surface area contributed by atoms with Crippen molar-refractivity contribution in [2.45, 2.75) is 24.6 Å². The molecule has 0 aliphatic carbocycles. The van der Waals surface area contributed by atoms with E-state index >= 15 is 0 Å². The molecule has 3 N–H and O–H groups in total. The number of benzene rings is 1. The molecule has 0 heterocycles. The van der Waals surface area contributed by atoms with E-state index < -0.39 is 32.3 Å². The van der Waals surface area contributed by atoms with Crippen LogP contribution >= 0.6 is 0 Å². The summed E-state index contributed by atoms with van der Waals surface area (Å²) in [4.78, 5) is 0. The van der Waals surface area contributed by atoms with E-state index in [1.165, 1.54) is 19.9 Å². The fourth-order valence-corrected chi connectivity index (χ4v) is 2.24. The third-order valence-corrected chi connectivity index (χ3v) is 5.24. The topological polar surface area (TPSA) is 72.2 Å². The van der Waals surface area contributed by atoms with Crippen LogP contribution < -0.4 is 11.3 Å². The van der Waals surface area contributed by atoms with Gasteiger partial charge < -0.3 is 0 Å². The molecule has 0 amide bonds. The first-order valence-corrected chi connectivity index (χ1v) is 7.11. The molecule has 1 aromatic rings. The van der Waals surface area contributed by atoms with Gasteiger partial charge in [0.05, 0.1) is 10.8 Å². The van der Waals surface area contributed by atoms with Gasteiger partial charge in [0.2, 0.25) is 0 Å². The summed E-state index contributed by atoms with van der Waals surface area (Å²) in [6.07, 6.45) is 1.04. The van der Waals surface area contributed by atoms with Crippen LogP contribution in [0, 0.1) is 11.6 Å². The molecule has 1 unspecified atom stereocenters. The second-order valence-electron chi connectivity index (χ2n) is 4.64. The van der Waals surface area contributed by atoms with Gasteiger partial charge in [-0.3, -0.25) is 11.3 Å². The lowest BCUT2D eigenvalue weighted by molar-refractivity contribution is 0.411. The summed E-state index contributed by atoms with van der Waals surface area (Å²) in [5.74, 6) is 3.75. The van der Waals surface area contributed by atoms with Gasteiger partial charge in [-0.25, -0.2) is 17.2 Å². The molecule has 102 valence electrons. The summed E-state index contributed by atoms with van der Waals surface area (Å²) in [5.41, 5.74) is 2.29. The number of hydrogen-bond donors (Lipinski definition) is 2. The Hall–Kier alpha value is -1.05. The number of halogens is 2. The lowest BCUT2D eigenvalue weighted by Gasteiger charge is -2.32. The Bertz CT molecular complexity index is 544. The number of nitrogens with one attached hydrogen (secondary N) is 1. The number of sulfone groups is 1. The van der Waals surface area contributed by atoms with Crippen LogP contribution in [-0.4, -0.2) is 19.4 Å². The third kappa shape index (κ3) is 2.68. The Morgan fingerprint density at radius 3 is 2.28 bits per heavy atom. The molecule has 0 spiro atoms. The van der Waals surface area contributed by atoms with E-state index in [2.05, 4.69) is 5.43 Å². The lowest BCUT2D eigenvalue weighted by atomic mass is 9.95. The Kier molecular flexibility index (Phi) is 4.09. The molecule has 0 saturated carbocycles. The van der Waals surface area contributed by atoms with Crippen LogP contribution in [0.2, 0.25) is 0 Å². The number of rotatable bonds is 4. The molecule has 0 bridgehead atoms. The maximum absolute atomic E-state index is 13.7. The molecular weight excluding hydrogens is 262 g/mol. The lowest BCUT2D eigenvalue weighted by Crippen LogP contribution is -2.47. The fourth-order valence-electron chi connectivity index (χ4n) is 1.61. The van der Waals surface area contributed by atoms with E-state index in [0.29, 0.717) is 6.07 Å². The molecule has 0 aromatic heterocycles. The van der Waals surface area contributed by atoms with Crippen LogP contribution in [0.1, 0.15) is 25.5 Å². The molecular formula is C11H16F2N2O2S. The predicted octanol–water partition coefficient (Wildman–Crippen LogP) is 1.29. The highest BCUT2D eigenvalue weighted by Gasteiger charge is 2.40. The fraction of sp³-hybridized carbons (Fsp3) is 0.455. The zero-order chi connectivity index (χ0) is 14.1. The smallest absolute Gasteiger partial charge is 0.154 e. The highest BCUT2D eigenvalue weighted by molar-refractivity contribution is 7.92. The van der Waals surface area contributed by atoms with Gasteiger partial charge in [0, 0.05) is 17.9 Å². The van der Waals surface area contributed by atoms with Gasteiger partial charge in [-0.2, -0.15) is 0 Å². The molecule has 7 heteroatoms. The number of hydrogen-bond acceptors (Lipinski definition) is 4. The first kappa shape index (κ1) is 15.0. The summed E-state index contributed by atoms with van der Waals surface area (Å²) in [6, 6.07) is 1.95. The van der Waals surface area contributed by atoms with Crippen LogP contribution in [0.4, 0.5) is 8.78 Å². The van der Waals surface area contributed by atoms with Crippen molar-refractivity contribution in [3.63, 3.8) is 0 Å². The number of hydrazine groups is 1. The minimum atomic E-state index is -3.49. The Morgan fingerprint density at radius 1 is 1.33 bits per heavy atom. The van der Waals surface area contributed by atoms with Crippen molar-refractivity contribution in [2.75, 3.05) is 6.26 Å². The van der Waals surface area contributed by atoms with E-state index in [1.807, 2.05) is 0 Å². The molecule has 1 atom stereocenters. The molecule has 18 heavy (non-hydrogen) atoms. The third-order valence-electron chi connectivity index (χ3n) is 3.09. The normalized spacial score (nSPS) is 14.6. The molecule has 0 saturated heterocycles. The molecule has 1 aromatic carbocycles. The first-order chi connectivity index (χ1) is 8.11. The number of nitrogens with two attached hydrogens (primary N) is 1. The van der Waals surface area contributed by atoms with Crippen molar-refractivity contribution in [3.8, 4) is 0 Å². The monoisotopic (exact) mass is 278 g/mol. The van der Waals surface area contributed by atoms with Crippen LogP contribution in [-0.2, 0) is 9.84 Å². The summed E-state index contributed by atoms with van der Waals surface area (Å²) < 4.78 is 48.6. The van der Waals surface area contributed by atoms with Gasteiger partial charge >= 0.3 is 0 Å². The minimum Gasteiger partial charge on any atom is -0.271 e. The van der Waals surface area contributed by atoms with Crippen LogP contribution in [0.15, 0.2) is 18.2 Å². The van der Waals surface area contributed by atoms with Crippen molar-refractivity contribution in [3.05, 3.63) is 35.4 Å². The zero-order valence-electron chi connectivity index (χ0n) is 10.4. The van der Waals surface area contributed by atoms with Crippen LogP contribution in [0.5, 0.6) is 0 Å². The zero-order valence-corrected chi connectivity index (χ0v) is 11.2. The molecule has 4 nitrogen and oxygen atoms in total. The average molecular weight is 278 g/mol. The second-order valence-corrected chi connectivity index (χ2v) is 7.24. The van der Waals surface area contributed by atoms with Crippen molar-refractivity contribution < 1.29 is 17.2 Å². The van der Waals surface area contributed by atoms with E-state index in [1.54, 1.807) is 0 Å². The van der Waals surface area contributed by atoms with Gasteiger partial charge in [-0.1, -0.05) is 6.07 Å². The minimum absolute atomic E-state index is 0.00863. The van der Waals surface area contributed by atoms with Gasteiger partial charge in [0.1, 0.15) is 11.6 Å². The second kappa shape index (κ2) is 4.91. The van der Waals surface area contributed by atoms with Crippen molar-refractivity contribution in [1.82, 2.24) is 5.43 Å². The van der Waals surface area contributed by atoms with E-state index in [0.717, 1.165) is 12.3 Å². The summed E-state index contributed by atoms with van der Waals surface area (Å²) in [5, 5.41) is 0. The SMILES string of the molecule is CC(C)(C(NN)c1ccc(F)cc1F)S(C)(=O)=O. The highest BCUT2D eigenvalue weighted by Crippen LogP contribution is 2.33. The van der Waals surface area contributed by atoms with Crippen LogP contribution in [0.3, 0.4) is 0 Å².